The summed E-state index contributed by atoms with van der Waals surface area (Å²) >= 11 is 0. The van der Waals surface area contributed by atoms with E-state index in [-0.39, 0.29) is 11.1 Å². The Morgan fingerprint density at radius 2 is 1.59 bits per heavy atom. The number of ether oxygens (including phenoxy) is 2. The number of aromatic nitrogens is 2. The van der Waals surface area contributed by atoms with E-state index in [0.717, 1.165) is 5.56 Å². The van der Waals surface area contributed by atoms with Gasteiger partial charge in [-0.3, -0.25) is 9.36 Å². The van der Waals surface area contributed by atoms with E-state index in [1.165, 1.54) is 16.7 Å². The van der Waals surface area contributed by atoms with Gasteiger partial charge in [0.05, 0.1) is 36.4 Å². The Bertz CT molecular complexity index is 1370. The first kappa shape index (κ1) is 20.9. The maximum absolute atomic E-state index is 13.3. The maximum Gasteiger partial charge on any atom is 0.335 e. The predicted molar refractivity (Wildman–Crippen MR) is 123 cm³/mol. The van der Waals surface area contributed by atoms with Crippen molar-refractivity contribution in [2.45, 2.75) is 0 Å². The predicted octanol–water partition coefficient (Wildman–Crippen LogP) is 4.27. The quantitative estimate of drug-likeness (QED) is 0.493. The first-order valence-corrected chi connectivity index (χ1v) is 9.77. The van der Waals surface area contributed by atoms with Gasteiger partial charge in [-0.1, -0.05) is 18.2 Å². The van der Waals surface area contributed by atoms with Gasteiger partial charge in [0.1, 0.15) is 17.3 Å². The summed E-state index contributed by atoms with van der Waals surface area (Å²) in [6, 6.07) is 18.6. The summed E-state index contributed by atoms with van der Waals surface area (Å²) in [4.78, 5) is 29.2. The Hall–Kier alpha value is -4.39. The van der Waals surface area contributed by atoms with Crippen LogP contribution in [0, 0.1) is 0 Å². The SMILES string of the molecule is COc1cc(/C=C/c2nc3ccccc3c(=O)n2-c2ccc(C(=O)O)cc2)cc(OC)c1. The Kier molecular flexibility index (Phi) is 5.72. The van der Waals surface area contributed by atoms with Crippen LogP contribution in [0.3, 0.4) is 0 Å². The lowest BCUT2D eigenvalue weighted by molar-refractivity contribution is 0.0697. The number of para-hydroxylation sites is 1. The molecule has 0 bridgehead atoms. The van der Waals surface area contributed by atoms with Crippen LogP contribution in [0.15, 0.2) is 71.5 Å². The second-order valence-electron chi connectivity index (χ2n) is 6.96. The number of hydrogen-bond acceptors (Lipinski definition) is 5. The van der Waals surface area contributed by atoms with Crippen molar-refractivity contribution in [3.8, 4) is 17.2 Å². The molecule has 0 aliphatic carbocycles. The molecule has 32 heavy (non-hydrogen) atoms. The Morgan fingerprint density at radius 3 is 2.22 bits per heavy atom. The molecule has 0 aliphatic heterocycles. The van der Waals surface area contributed by atoms with Gasteiger partial charge in [-0.25, -0.2) is 9.78 Å². The molecule has 4 aromatic rings. The number of hydrogen-bond donors (Lipinski definition) is 1. The fourth-order valence-corrected chi connectivity index (χ4v) is 3.36. The molecular formula is C25H20N2O5. The molecule has 7 nitrogen and oxygen atoms in total. The number of carbonyl (C=O) groups is 1. The Balaban J connectivity index is 1.88. The number of benzene rings is 3. The van der Waals surface area contributed by atoms with Crippen LogP contribution in [-0.4, -0.2) is 34.8 Å². The smallest absolute Gasteiger partial charge is 0.335 e. The van der Waals surface area contributed by atoms with Crippen LogP contribution in [-0.2, 0) is 0 Å². The molecule has 0 saturated carbocycles. The zero-order valence-electron chi connectivity index (χ0n) is 17.5. The van der Waals surface area contributed by atoms with Crippen molar-refractivity contribution in [2.75, 3.05) is 14.2 Å². The van der Waals surface area contributed by atoms with Gasteiger partial charge >= 0.3 is 5.97 Å². The first-order chi connectivity index (χ1) is 15.5. The van der Waals surface area contributed by atoms with Crippen molar-refractivity contribution >= 4 is 29.0 Å². The third-order valence-corrected chi connectivity index (χ3v) is 4.97. The van der Waals surface area contributed by atoms with Crippen LogP contribution >= 0.6 is 0 Å². The van der Waals surface area contributed by atoms with Gasteiger partial charge in [-0.2, -0.15) is 0 Å². The molecule has 0 radical (unpaired) electrons. The van der Waals surface area contributed by atoms with Crippen molar-refractivity contribution in [1.29, 1.82) is 0 Å². The van der Waals surface area contributed by atoms with Crippen LogP contribution in [0.1, 0.15) is 21.7 Å². The standard InChI is InChI=1S/C25H20N2O5/c1-31-19-13-16(14-20(15-19)32-2)7-12-23-26-22-6-4-3-5-21(22)24(28)27(23)18-10-8-17(9-11-18)25(29)30/h3-15H,1-2H3,(H,29,30)/b12-7+. The topological polar surface area (TPSA) is 90.7 Å². The molecule has 1 N–H and O–H groups in total. The molecule has 0 aliphatic rings. The van der Waals surface area contributed by atoms with Crippen molar-refractivity contribution in [3.05, 3.63) is 94.0 Å². The lowest BCUT2D eigenvalue weighted by Gasteiger charge is -2.12. The van der Waals surface area contributed by atoms with Crippen molar-refractivity contribution < 1.29 is 19.4 Å². The number of carboxylic acid groups (broad SMARTS) is 1. The summed E-state index contributed by atoms with van der Waals surface area (Å²) < 4.78 is 12.1. The summed E-state index contributed by atoms with van der Waals surface area (Å²) in [6.07, 6.45) is 3.54. The largest absolute Gasteiger partial charge is 0.497 e. The highest BCUT2D eigenvalue weighted by Crippen LogP contribution is 2.24. The van der Waals surface area contributed by atoms with Crippen LogP contribution < -0.4 is 15.0 Å². The van der Waals surface area contributed by atoms with Crippen LogP contribution in [0.5, 0.6) is 11.5 Å². The molecule has 1 heterocycles. The molecule has 160 valence electrons. The van der Waals surface area contributed by atoms with E-state index >= 15 is 0 Å². The van der Waals surface area contributed by atoms with E-state index in [1.807, 2.05) is 24.3 Å². The average molecular weight is 428 g/mol. The Morgan fingerprint density at radius 1 is 0.938 bits per heavy atom. The fraction of sp³-hybridized carbons (Fsp3) is 0.0800. The van der Waals surface area contributed by atoms with Gasteiger partial charge in [0.15, 0.2) is 0 Å². The molecule has 4 rings (SSSR count). The highest BCUT2D eigenvalue weighted by atomic mass is 16.5. The van der Waals surface area contributed by atoms with Crippen molar-refractivity contribution in [2.24, 2.45) is 0 Å². The fourth-order valence-electron chi connectivity index (χ4n) is 3.36. The molecule has 0 spiro atoms. The number of carboxylic acids is 1. The van der Waals surface area contributed by atoms with E-state index in [0.29, 0.717) is 33.9 Å². The molecule has 1 aromatic heterocycles. The minimum absolute atomic E-state index is 0.135. The van der Waals surface area contributed by atoms with E-state index in [9.17, 15) is 14.7 Å². The number of aromatic carboxylic acids is 1. The van der Waals surface area contributed by atoms with E-state index in [2.05, 4.69) is 4.98 Å². The van der Waals surface area contributed by atoms with Gasteiger partial charge in [0.2, 0.25) is 0 Å². The third-order valence-electron chi connectivity index (χ3n) is 4.97. The minimum Gasteiger partial charge on any atom is -0.497 e. The maximum atomic E-state index is 13.3. The van der Waals surface area contributed by atoms with Gasteiger partial charge in [0, 0.05) is 6.07 Å². The minimum atomic E-state index is -1.03. The third kappa shape index (κ3) is 4.09. The van der Waals surface area contributed by atoms with Gasteiger partial charge in [-0.05, 0) is 60.2 Å². The molecule has 7 heteroatoms. The van der Waals surface area contributed by atoms with Gasteiger partial charge in [-0.15, -0.1) is 0 Å². The van der Waals surface area contributed by atoms with Crippen LogP contribution in [0.4, 0.5) is 0 Å². The molecule has 0 atom stereocenters. The number of fused-ring (bicyclic) bond motifs is 1. The molecule has 0 fully saturated rings. The monoisotopic (exact) mass is 428 g/mol. The molecular weight excluding hydrogens is 408 g/mol. The lowest BCUT2D eigenvalue weighted by Crippen LogP contribution is -2.22. The second kappa shape index (κ2) is 8.77. The lowest BCUT2D eigenvalue weighted by atomic mass is 10.1. The summed E-state index contributed by atoms with van der Waals surface area (Å²) in [5.41, 5.74) is 1.77. The summed E-state index contributed by atoms with van der Waals surface area (Å²) in [7, 11) is 3.15. The van der Waals surface area contributed by atoms with Crippen LogP contribution in [0.2, 0.25) is 0 Å². The van der Waals surface area contributed by atoms with E-state index in [4.69, 9.17) is 9.47 Å². The normalized spacial score (nSPS) is 11.1. The first-order valence-electron chi connectivity index (χ1n) is 9.77. The summed E-state index contributed by atoms with van der Waals surface area (Å²) in [5.74, 6) is 0.639. The van der Waals surface area contributed by atoms with Gasteiger partial charge < -0.3 is 14.6 Å². The highest BCUT2D eigenvalue weighted by Gasteiger charge is 2.12. The molecule has 3 aromatic carbocycles. The van der Waals surface area contributed by atoms with Gasteiger partial charge in [0.25, 0.3) is 5.56 Å². The highest BCUT2D eigenvalue weighted by molar-refractivity contribution is 5.88. The number of nitrogens with zero attached hydrogens (tertiary/aromatic N) is 2. The number of methoxy groups -OCH3 is 2. The van der Waals surface area contributed by atoms with Crippen molar-refractivity contribution in [1.82, 2.24) is 9.55 Å². The summed E-state index contributed by atoms with van der Waals surface area (Å²) in [5, 5.41) is 9.65. The summed E-state index contributed by atoms with van der Waals surface area (Å²) in [6.45, 7) is 0. The van der Waals surface area contributed by atoms with E-state index in [1.54, 1.807) is 56.7 Å². The molecule has 0 saturated heterocycles. The zero-order valence-corrected chi connectivity index (χ0v) is 17.5. The van der Waals surface area contributed by atoms with E-state index < -0.39 is 5.97 Å². The average Bonchev–Trinajstić information content (AvgIpc) is 2.82. The molecule has 0 amide bonds. The Labute approximate surface area is 183 Å². The second-order valence-corrected chi connectivity index (χ2v) is 6.96. The zero-order chi connectivity index (χ0) is 22.7. The van der Waals surface area contributed by atoms with Crippen molar-refractivity contribution in [3.63, 3.8) is 0 Å². The number of rotatable bonds is 6. The van der Waals surface area contributed by atoms with Crippen LogP contribution in [0.25, 0.3) is 28.7 Å². The molecule has 0 unspecified atom stereocenters.